The predicted molar refractivity (Wildman–Crippen MR) is 57.9 cm³/mol. The topological polar surface area (TPSA) is 79.4 Å². The number of imide groups is 2. The van der Waals surface area contributed by atoms with Crippen molar-refractivity contribution in [2.75, 3.05) is 0 Å². The van der Waals surface area contributed by atoms with E-state index in [0.29, 0.717) is 17.8 Å². The second-order valence-electron chi connectivity index (χ2n) is 4.16. The number of rotatable bonds is 2. The van der Waals surface area contributed by atoms with Gasteiger partial charge in [0.15, 0.2) is 0 Å². The van der Waals surface area contributed by atoms with Crippen molar-refractivity contribution < 1.29 is 14.4 Å². The van der Waals surface area contributed by atoms with Crippen LogP contribution in [0.5, 0.6) is 0 Å². The monoisotopic (exact) mass is 251 g/mol. The predicted octanol–water partition coefficient (Wildman–Crippen LogP) is 0.502. The fourth-order valence-electron chi connectivity index (χ4n) is 1.91. The summed E-state index contributed by atoms with van der Waals surface area (Å²) in [5.74, 6) is -0.843. The summed E-state index contributed by atoms with van der Waals surface area (Å²) >= 11 is 1.37. The molecule has 0 aromatic carbocycles. The Hall–Kier alpha value is -1.76. The molecular weight excluding hydrogens is 242 g/mol. The van der Waals surface area contributed by atoms with Gasteiger partial charge >= 0.3 is 6.03 Å². The van der Waals surface area contributed by atoms with Gasteiger partial charge in [-0.25, -0.2) is 9.78 Å². The summed E-state index contributed by atoms with van der Waals surface area (Å²) in [5.41, 5.74) is -0.967. The Labute approximate surface area is 101 Å². The summed E-state index contributed by atoms with van der Waals surface area (Å²) in [6.07, 6.45) is 2.67. The van der Waals surface area contributed by atoms with Crippen LogP contribution in [0.2, 0.25) is 0 Å². The molecule has 3 rings (SSSR count). The third kappa shape index (κ3) is 1.46. The Morgan fingerprint density at radius 1 is 1.41 bits per heavy atom. The fraction of sp³-hybridized carbons (Fsp3) is 0.400. The lowest BCUT2D eigenvalue weighted by Crippen LogP contribution is -2.58. The van der Waals surface area contributed by atoms with Gasteiger partial charge in [-0.2, -0.15) is 0 Å². The highest BCUT2D eigenvalue weighted by Gasteiger charge is 2.62. The minimum Gasteiger partial charge on any atom is -0.277 e. The van der Waals surface area contributed by atoms with E-state index in [9.17, 15) is 14.4 Å². The summed E-state index contributed by atoms with van der Waals surface area (Å²) in [6.45, 7) is 0.136. The fourth-order valence-corrected chi connectivity index (χ4v) is 2.51. The third-order valence-electron chi connectivity index (χ3n) is 3.08. The molecule has 0 bridgehead atoms. The molecule has 2 heterocycles. The summed E-state index contributed by atoms with van der Waals surface area (Å²) in [6, 6.07) is -0.646. The SMILES string of the molecule is O=C1NC(=O)C2(CC2)C(=O)N1Cc1nccs1. The molecular formula is C10H9N3O3S. The van der Waals surface area contributed by atoms with E-state index in [4.69, 9.17) is 0 Å². The third-order valence-corrected chi connectivity index (χ3v) is 3.85. The van der Waals surface area contributed by atoms with E-state index in [1.165, 1.54) is 11.3 Å². The van der Waals surface area contributed by atoms with Gasteiger partial charge in [-0.1, -0.05) is 0 Å². The number of thiazole rings is 1. The van der Waals surface area contributed by atoms with Crippen LogP contribution >= 0.6 is 11.3 Å². The zero-order chi connectivity index (χ0) is 12.0. The van der Waals surface area contributed by atoms with Gasteiger partial charge in [0, 0.05) is 11.6 Å². The molecule has 1 spiro atoms. The minimum absolute atomic E-state index is 0.136. The maximum atomic E-state index is 12.1. The number of nitrogens with one attached hydrogen (secondary N) is 1. The van der Waals surface area contributed by atoms with Crippen LogP contribution in [0.3, 0.4) is 0 Å². The van der Waals surface area contributed by atoms with E-state index < -0.39 is 17.4 Å². The van der Waals surface area contributed by atoms with Crippen molar-refractivity contribution in [3.8, 4) is 0 Å². The molecule has 1 aliphatic carbocycles. The van der Waals surface area contributed by atoms with Crippen LogP contribution in [0, 0.1) is 5.41 Å². The molecule has 1 N–H and O–H groups in total. The van der Waals surface area contributed by atoms with Crippen LogP contribution in [0.1, 0.15) is 17.8 Å². The van der Waals surface area contributed by atoms with Gasteiger partial charge in [-0.05, 0) is 12.8 Å². The maximum absolute atomic E-state index is 12.1. The van der Waals surface area contributed by atoms with Crippen LogP contribution in [-0.2, 0) is 16.1 Å². The summed E-state index contributed by atoms with van der Waals surface area (Å²) in [7, 11) is 0. The van der Waals surface area contributed by atoms with E-state index in [2.05, 4.69) is 10.3 Å². The smallest absolute Gasteiger partial charge is 0.277 e. The molecule has 4 amide bonds. The first-order valence-corrected chi connectivity index (χ1v) is 6.07. The number of amides is 4. The molecule has 1 saturated carbocycles. The Kier molecular flexibility index (Phi) is 2.06. The largest absolute Gasteiger partial charge is 0.331 e. The summed E-state index contributed by atoms with van der Waals surface area (Å²) < 4.78 is 0. The van der Waals surface area contributed by atoms with E-state index in [0.717, 1.165) is 4.90 Å². The standard InChI is InChI=1S/C10H9N3O3S/c14-7-10(1-2-10)8(15)13(9(16)12-7)5-6-11-3-4-17-6/h3-4H,1-2,5H2,(H,12,14,16). The van der Waals surface area contributed by atoms with Crippen molar-refractivity contribution in [3.63, 3.8) is 0 Å². The first-order chi connectivity index (χ1) is 8.13. The van der Waals surface area contributed by atoms with E-state index in [1.54, 1.807) is 11.6 Å². The van der Waals surface area contributed by atoms with E-state index in [-0.39, 0.29) is 12.5 Å². The van der Waals surface area contributed by atoms with Gasteiger partial charge in [0.1, 0.15) is 10.4 Å². The average Bonchev–Trinajstić information content (AvgIpc) is 2.95. The van der Waals surface area contributed by atoms with Gasteiger partial charge in [0.2, 0.25) is 11.8 Å². The average molecular weight is 251 g/mol. The van der Waals surface area contributed by atoms with Gasteiger partial charge < -0.3 is 0 Å². The number of aromatic nitrogens is 1. The van der Waals surface area contributed by atoms with Crippen molar-refractivity contribution >= 4 is 29.2 Å². The Balaban J connectivity index is 1.86. The molecule has 7 heteroatoms. The quantitative estimate of drug-likeness (QED) is 0.776. The van der Waals surface area contributed by atoms with Crippen LogP contribution in [0.4, 0.5) is 4.79 Å². The van der Waals surface area contributed by atoms with Gasteiger partial charge in [-0.3, -0.25) is 19.8 Å². The summed E-state index contributed by atoms with van der Waals surface area (Å²) in [5, 5.41) is 4.69. The van der Waals surface area contributed by atoms with Crippen LogP contribution in [-0.4, -0.2) is 27.7 Å². The Morgan fingerprint density at radius 3 is 2.76 bits per heavy atom. The molecule has 17 heavy (non-hydrogen) atoms. The normalized spacial score (nSPS) is 21.9. The van der Waals surface area contributed by atoms with E-state index in [1.807, 2.05) is 0 Å². The van der Waals surface area contributed by atoms with Crippen molar-refractivity contribution in [2.24, 2.45) is 5.41 Å². The van der Waals surface area contributed by atoms with Gasteiger partial charge in [-0.15, -0.1) is 11.3 Å². The molecule has 2 fully saturated rings. The molecule has 1 aromatic rings. The zero-order valence-corrected chi connectivity index (χ0v) is 9.62. The number of carbonyl (C=O) groups is 3. The molecule has 6 nitrogen and oxygen atoms in total. The summed E-state index contributed by atoms with van der Waals surface area (Å²) in [4.78, 5) is 40.3. The highest BCUT2D eigenvalue weighted by atomic mass is 32.1. The minimum atomic E-state index is -0.967. The highest BCUT2D eigenvalue weighted by Crippen LogP contribution is 2.49. The second kappa shape index (κ2) is 3.36. The number of urea groups is 1. The number of hydrogen-bond donors (Lipinski definition) is 1. The molecule has 0 unspecified atom stereocenters. The molecule has 2 aliphatic rings. The van der Waals surface area contributed by atoms with Crippen LogP contribution in [0.15, 0.2) is 11.6 Å². The van der Waals surface area contributed by atoms with Gasteiger partial charge in [0.25, 0.3) is 0 Å². The van der Waals surface area contributed by atoms with Crippen molar-refractivity contribution in [1.29, 1.82) is 0 Å². The highest BCUT2D eigenvalue weighted by molar-refractivity contribution is 7.09. The second-order valence-corrected chi connectivity index (χ2v) is 5.14. The number of nitrogens with zero attached hydrogens (tertiary/aromatic N) is 2. The molecule has 88 valence electrons. The lowest BCUT2D eigenvalue weighted by atomic mass is 10.0. The lowest BCUT2D eigenvalue weighted by Gasteiger charge is -2.29. The molecule has 1 aromatic heterocycles. The van der Waals surface area contributed by atoms with Gasteiger partial charge in [0.05, 0.1) is 6.54 Å². The van der Waals surface area contributed by atoms with Crippen molar-refractivity contribution in [1.82, 2.24) is 15.2 Å². The number of hydrogen-bond acceptors (Lipinski definition) is 5. The lowest BCUT2D eigenvalue weighted by molar-refractivity contribution is -0.145. The number of barbiturate groups is 1. The molecule has 1 saturated heterocycles. The first-order valence-electron chi connectivity index (χ1n) is 5.19. The van der Waals surface area contributed by atoms with E-state index >= 15 is 0 Å². The number of carbonyl (C=O) groups excluding carboxylic acids is 3. The Bertz CT molecular complexity index is 507. The molecule has 0 atom stereocenters. The molecule has 0 radical (unpaired) electrons. The first kappa shape index (κ1) is 10.4. The maximum Gasteiger partial charge on any atom is 0.331 e. The van der Waals surface area contributed by atoms with Crippen LogP contribution < -0.4 is 5.32 Å². The van der Waals surface area contributed by atoms with Crippen LogP contribution in [0.25, 0.3) is 0 Å². The van der Waals surface area contributed by atoms with Crippen molar-refractivity contribution in [3.05, 3.63) is 16.6 Å². The Morgan fingerprint density at radius 2 is 2.18 bits per heavy atom. The zero-order valence-electron chi connectivity index (χ0n) is 8.80. The van der Waals surface area contributed by atoms with Crippen molar-refractivity contribution in [2.45, 2.75) is 19.4 Å². The molecule has 1 aliphatic heterocycles.